The summed E-state index contributed by atoms with van der Waals surface area (Å²) in [5, 5.41) is 0. The molecule has 0 aromatic heterocycles. The fraction of sp³-hybridized carbons (Fsp3) is 0.500. The van der Waals surface area contributed by atoms with Crippen LogP contribution < -0.4 is 0 Å². The molecule has 5 nitrogen and oxygen atoms in total. The van der Waals surface area contributed by atoms with E-state index in [1.165, 1.54) is 11.1 Å². The Balaban J connectivity index is 1.50. The molecule has 1 amide bonds. The van der Waals surface area contributed by atoms with Gasteiger partial charge in [-0.15, -0.1) is 0 Å². The predicted molar refractivity (Wildman–Crippen MR) is 122 cm³/mol. The van der Waals surface area contributed by atoms with Crippen LogP contribution in [-0.4, -0.2) is 74.4 Å². The third kappa shape index (κ3) is 6.16. The van der Waals surface area contributed by atoms with Gasteiger partial charge in [0.2, 0.25) is 5.91 Å². The number of carbonyl (C=O) groups is 1. The lowest BCUT2D eigenvalue weighted by Gasteiger charge is -2.37. The van der Waals surface area contributed by atoms with E-state index in [-0.39, 0.29) is 17.9 Å². The highest BCUT2D eigenvalue weighted by atomic mass is 16.5. The summed E-state index contributed by atoms with van der Waals surface area (Å²) in [6.45, 7) is 6.65. The van der Waals surface area contributed by atoms with E-state index in [4.69, 9.17) is 9.47 Å². The first-order chi connectivity index (χ1) is 15.3. The normalized spacial score (nSPS) is 18.2. The van der Waals surface area contributed by atoms with Crippen LogP contribution in [0.5, 0.6) is 0 Å². The van der Waals surface area contributed by atoms with E-state index in [0.717, 1.165) is 65.4 Å². The van der Waals surface area contributed by atoms with Crippen molar-refractivity contribution in [1.82, 2.24) is 9.80 Å². The Kier molecular flexibility index (Phi) is 8.11. The molecule has 0 atom stereocenters. The molecule has 0 unspecified atom stereocenters. The summed E-state index contributed by atoms with van der Waals surface area (Å²) in [6.07, 6.45) is 2.35. The van der Waals surface area contributed by atoms with Gasteiger partial charge >= 0.3 is 0 Å². The van der Waals surface area contributed by atoms with Gasteiger partial charge in [-0.1, -0.05) is 60.7 Å². The van der Waals surface area contributed by atoms with E-state index < -0.39 is 0 Å². The van der Waals surface area contributed by atoms with Crippen LogP contribution in [0.15, 0.2) is 60.7 Å². The monoisotopic (exact) mass is 422 g/mol. The standard InChI is InChI=1S/C26H34N2O3/c29-26(21-25(22-7-3-1-4-8-22)23-9-5-2-6-10-23)28(24-11-17-30-18-12-24)14-13-27-15-19-31-20-16-27/h1-10,24-25H,11-21H2. The molecule has 2 saturated heterocycles. The summed E-state index contributed by atoms with van der Waals surface area (Å²) in [6, 6.07) is 21.1. The molecule has 2 aromatic carbocycles. The van der Waals surface area contributed by atoms with E-state index in [1.807, 2.05) is 12.1 Å². The minimum absolute atomic E-state index is 0.0700. The molecule has 2 aliphatic heterocycles. The van der Waals surface area contributed by atoms with E-state index in [0.29, 0.717) is 6.42 Å². The quantitative estimate of drug-likeness (QED) is 0.653. The fourth-order valence-corrected chi connectivity index (χ4v) is 4.67. The minimum Gasteiger partial charge on any atom is -0.381 e. The van der Waals surface area contributed by atoms with Crippen LogP contribution in [0.3, 0.4) is 0 Å². The summed E-state index contributed by atoms with van der Waals surface area (Å²) in [4.78, 5) is 18.3. The van der Waals surface area contributed by atoms with Crippen molar-refractivity contribution in [2.45, 2.75) is 31.2 Å². The van der Waals surface area contributed by atoms with Gasteiger partial charge < -0.3 is 14.4 Å². The molecule has 2 fully saturated rings. The number of ether oxygens (including phenoxy) is 2. The first-order valence-electron chi connectivity index (χ1n) is 11.6. The number of amides is 1. The summed E-state index contributed by atoms with van der Waals surface area (Å²) >= 11 is 0. The number of nitrogens with zero attached hydrogens (tertiary/aromatic N) is 2. The van der Waals surface area contributed by atoms with Crippen molar-refractivity contribution in [1.29, 1.82) is 0 Å². The maximum Gasteiger partial charge on any atom is 0.223 e. The largest absolute Gasteiger partial charge is 0.381 e. The van der Waals surface area contributed by atoms with Crippen molar-refractivity contribution in [3.63, 3.8) is 0 Å². The summed E-state index contributed by atoms with van der Waals surface area (Å²) in [5.74, 6) is 0.318. The maximum absolute atomic E-state index is 13.7. The SMILES string of the molecule is O=C(CC(c1ccccc1)c1ccccc1)N(CCN1CCOCC1)C1CCOCC1. The van der Waals surface area contributed by atoms with Gasteiger partial charge in [-0.25, -0.2) is 0 Å². The summed E-state index contributed by atoms with van der Waals surface area (Å²) < 4.78 is 11.1. The van der Waals surface area contributed by atoms with Crippen molar-refractivity contribution in [3.8, 4) is 0 Å². The number of carbonyl (C=O) groups excluding carboxylic acids is 1. The molecule has 0 radical (unpaired) electrons. The van der Waals surface area contributed by atoms with Crippen molar-refractivity contribution in [2.75, 3.05) is 52.6 Å². The summed E-state index contributed by atoms with van der Waals surface area (Å²) in [7, 11) is 0. The van der Waals surface area contributed by atoms with E-state index in [1.54, 1.807) is 0 Å². The Morgan fingerprint density at radius 1 is 0.871 bits per heavy atom. The first-order valence-corrected chi connectivity index (χ1v) is 11.6. The highest BCUT2D eigenvalue weighted by molar-refractivity contribution is 5.78. The van der Waals surface area contributed by atoms with Crippen LogP contribution in [-0.2, 0) is 14.3 Å². The predicted octanol–water partition coefficient (Wildman–Crippen LogP) is 3.55. The Morgan fingerprint density at radius 3 is 2.00 bits per heavy atom. The van der Waals surface area contributed by atoms with E-state index in [9.17, 15) is 4.79 Å². The highest BCUT2D eigenvalue weighted by Gasteiger charge is 2.29. The number of morpholine rings is 1. The third-order valence-corrected chi connectivity index (χ3v) is 6.50. The van der Waals surface area contributed by atoms with E-state index >= 15 is 0 Å². The smallest absolute Gasteiger partial charge is 0.223 e. The average Bonchev–Trinajstić information content (AvgIpc) is 2.85. The van der Waals surface area contributed by atoms with Gasteiger partial charge in [0.15, 0.2) is 0 Å². The van der Waals surface area contributed by atoms with Crippen LogP contribution in [0, 0.1) is 0 Å². The second kappa shape index (κ2) is 11.4. The number of hydrogen-bond acceptors (Lipinski definition) is 4. The van der Waals surface area contributed by atoms with E-state index in [2.05, 4.69) is 58.3 Å². The first kappa shape index (κ1) is 22.0. The minimum atomic E-state index is 0.0700. The lowest BCUT2D eigenvalue weighted by molar-refractivity contribution is -0.136. The van der Waals surface area contributed by atoms with Crippen LogP contribution in [0.1, 0.15) is 36.3 Å². The molecule has 2 aromatic rings. The zero-order valence-electron chi connectivity index (χ0n) is 18.3. The molecule has 31 heavy (non-hydrogen) atoms. The zero-order chi connectivity index (χ0) is 21.3. The molecule has 166 valence electrons. The molecule has 0 bridgehead atoms. The van der Waals surface area contributed by atoms with Gasteiger partial charge in [-0.05, 0) is 24.0 Å². The average molecular weight is 423 g/mol. The molecule has 5 heteroatoms. The number of hydrogen-bond donors (Lipinski definition) is 0. The Bertz CT molecular complexity index is 747. The molecule has 4 rings (SSSR count). The third-order valence-electron chi connectivity index (χ3n) is 6.50. The van der Waals surface area contributed by atoms with Crippen LogP contribution in [0.25, 0.3) is 0 Å². The van der Waals surface area contributed by atoms with Crippen LogP contribution in [0.4, 0.5) is 0 Å². The highest BCUT2D eigenvalue weighted by Crippen LogP contribution is 2.29. The van der Waals surface area contributed by atoms with Crippen molar-refractivity contribution in [3.05, 3.63) is 71.8 Å². The van der Waals surface area contributed by atoms with Gasteiger partial charge in [0, 0.05) is 57.8 Å². The lowest BCUT2D eigenvalue weighted by atomic mass is 9.88. The zero-order valence-corrected chi connectivity index (χ0v) is 18.3. The second-order valence-corrected chi connectivity index (χ2v) is 8.46. The van der Waals surface area contributed by atoms with Gasteiger partial charge in [-0.2, -0.15) is 0 Å². The molecule has 0 aliphatic carbocycles. The fourth-order valence-electron chi connectivity index (χ4n) is 4.67. The second-order valence-electron chi connectivity index (χ2n) is 8.46. The molecular weight excluding hydrogens is 388 g/mol. The van der Waals surface area contributed by atoms with Gasteiger partial charge in [-0.3, -0.25) is 9.69 Å². The topological polar surface area (TPSA) is 42.0 Å². The van der Waals surface area contributed by atoms with Gasteiger partial charge in [0.05, 0.1) is 13.2 Å². The number of rotatable bonds is 8. The molecule has 0 spiro atoms. The van der Waals surface area contributed by atoms with Crippen LogP contribution >= 0.6 is 0 Å². The van der Waals surface area contributed by atoms with Crippen molar-refractivity contribution in [2.24, 2.45) is 0 Å². The lowest BCUT2D eigenvalue weighted by Crippen LogP contribution is -2.48. The maximum atomic E-state index is 13.7. The molecule has 2 heterocycles. The van der Waals surface area contributed by atoms with Gasteiger partial charge in [0.25, 0.3) is 0 Å². The number of benzene rings is 2. The van der Waals surface area contributed by atoms with Crippen molar-refractivity contribution < 1.29 is 14.3 Å². The molecular formula is C26H34N2O3. The summed E-state index contributed by atoms with van der Waals surface area (Å²) in [5.41, 5.74) is 2.39. The molecule has 2 aliphatic rings. The molecule has 0 N–H and O–H groups in total. The Morgan fingerprint density at radius 2 is 1.42 bits per heavy atom. The van der Waals surface area contributed by atoms with Crippen molar-refractivity contribution >= 4 is 5.91 Å². The van der Waals surface area contributed by atoms with Gasteiger partial charge in [0.1, 0.15) is 0 Å². The Labute approximate surface area is 185 Å². The van der Waals surface area contributed by atoms with Crippen LogP contribution in [0.2, 0.25) is 0 Å². The molecule has 0 saturated carbocycles. The Hall–Kier alpha value is -2.21.